The number of benzene rings is 1. The molecule has 0 radical (unpaired) electrons. The summed E-state index contributed by atoms with van der Waals surface area (Å²) in [4.78, 5) is 18.3. The number of aryl methyl sites for hydroxylation is 1. The molecule has 3 aromatic heterocycles. The van der Waals surface area contributed by atoms with Crippen molar-refractivity contribution in [2.45, 2.75) is 18.9 Å². The van der Waals surface area contributed by atoms with E-state index in [0.717, 1.165) is 28.9 Å². The predicted octanol–water partition coefficient (Wildman–Crippen LogP) is 3.61. The van der Waals surface area contributed by atoms with Crippen LogP contribution >= 0.6 is 22.9 Å². The Kier molecular flexibility index (Phi) is 3.77. The Morgan fingerprint density at radius 2 is 2.04 bits per heavy atom. The van der Waals surface area contributed by atoms with Crippen molar-refractivity contribution < 1.29 is 9.67 Å². The molecule has 4 heterocycles. The largest absolute Gasteiger partial charge is 0.477 e. The minimum absolute atomic E-state index is 0.0205. The van der Waals surface area contributed by atoms with Gasteiger partial charge in [-0.15, -0.1) is 11.3 Å². The molecule has 0 bridgehead atoms. The Morgan fingerprint density at radius 1 is 1.22 bits per heavy atom. The first-order valence-corrected chi connectivity index (χ1v) is 9.82. The molecule has 1 aliphatic heterocycles. The third-order valence-electron chi connectivity index (χ3n) is 5.05. The molecule has 0 saturated heterocycles. The van der Waals surface area contributed by atoms with Crippen LogP contribution in [-0.2, 0) is 6.42 Å². The van der Waals surface area contributed by atoms with Gasteiger partial charge in [0.15, 0.2) is 10.0 Å². The number of thiazole rings is 1. The molecule has 7 heteroatoms. The van der Waals surface area contributed by atoms with E-state index in [4.69, 9.17) is 11.6 Å². The predicted molar refractivity (Wildman–Crippen MR) is 105 cm³/mol. The van der Waals surface area contributed by atoms with E-state index >= 15 is 0 Å². The van der Waals surface area contributed by atoms with Gasteiger partial charge in [-0.05, 0) is 30.5 Å². The molecule has 4 aromatic rings. The highest BCUT2D eigenvalue weighted by molar-refractivity contribution is 7.15. The van der Waals surface area contributed by atoms with Crippen molar-refractivity contribution in [3.63, 3.8) is 0 Å². The van der Waals surface area contributed by atoms with E-state index < -0.39 is 0 Å². The number of aromatic hydroxyl groups is 1. The summed E-state index contributed by atoms with van der Waals surface area (Å²) in [5.41, 5.74) is 2.52. The van der Waals surface area contributed by atoms with Gasteiger partial charge in [0.25, 0.3) is 11.5 Å². The lowest BCUT2D eigenvalue weighted by molar-refractivity contribution is -0.700. The second kappa shape index (κ2) is 6.18. The summed E-state index contributed by atoms with van der Waals surface area (Å²) in [7, 11) is 0. The molecule has 0 amide bonds. The Hall–Kier alpha value is -2.70. The van der Waals surface area contributed by atoms with Crippen molar-refractivity contribution in [2.75, 3.05) is 0 Å². The van der Waals surface area contributed by atoms with Crippen molar-refractivity contribution in [3.05, 3.63) is 80.1 Å². The first-order valence-electron chi connectivity index (χ1n) is 8.62. The molecular weight excluding hydrogens is 382 g/mol. The Labute approximate surface area is 163 Å². The Bertz CT molecular complexity index is 1230. The van der Waals surface area contributed by atoms with Crippen LogP contribution in [0.3, 0.4) is 0 Å². The van der Waals surface area contributed by atoms with E-state index in [1.54, 1.807) is 16.8 Å². The van der Waals surface area contributed by atoms with Gasteiger partial charge in [0.05, 0.1) is 11.1 Å². The molecule has 1 atom stereocenters. The number of aromatic nitrogens is 3. The van der Waals surface area contributed by atoms with E-state index in [1.165, 1.54) is 11.3 Å². The van der Waals surface area contributed by atoms with Crippen LogP contribution in [0.1, 0.15) is 22.9 Å². The van der Waals surface area contributed by atoms with Gasteiger partial charge < -0.3 is 5.11 Å². The fourth-order valence-electron chi connectivity index (χ4n) is 3.87. The molecule has 0 aliphatic carbocycles. The molecule has 5 rings (SSSR count). The summed E-state index contributed by atoms with van der Waals surface area (Å²) < 4.78 is 3.95. The van der Waals surface area contributed by atoms with Gasteiger partial charge in [-0.2, -0.15) is 8.97 Å². The molecule has 1 N–H and O–H groups in total. The van der Waals surface area contributed by atoms with E-state index in [2.05, 4.69) is 4.98 Å². The van der Waals surface area contributed by atoms with Crippen LogP contribution in [0.4, 0.5) is 0 Å². The summed E-state index contributed by atoms with van der Waals surface area (Å²) >= 11 is 7.46. The molecule has 27 heavy (non-hydrogen) atoms. The Morgan fingerprint density at radius 3 is 2.78 bits per heavy atom. The van der Waals surface area contributed by atoms with E-state index in [-0.39, 0.29) is 17.5 Å². The highest BCUT2D eigenvalue weighted by atomic mass is 35.5. The zero-order valence-corrected chi connectivity index (χ0v) is 15.7. The highest BCUT2D eigenvalue weighted by Crippen LogP contribution is 2.34. The average Bonchev–Trinajstić information content (AvgIpc) is 3.12. The molecular formula is C20H15ClN3O2S+. The van der Waals surface area contributed by atoms with Crippen LogP contribution in [-0.4, -0.2) is 14.5 Å². The molecule has 1 aromatic carbocycles. The van der Waals surface area contributed by atoms with Gasteiger partial charge in [0, 0.05) is 11.8 Å². The summed E-state index contributed by atoms with van der Waals surface area (Å²) in [6, 6.07) is 13.0. The average molecular weight is 397 g/mol. The highest BCUT2D eigenvalue weighted by Gasteiger charge is 2.36. The number of nitrogens with zero attached hydrogens (tertiary/aromatic N) is 3. The summed E-state index contributed by atoms with van der Waals surface area (Å²) in [6.45, 7) is 0. The van der Waals surface area contributed by atoms with Crippen molar-refractivity contribution in [2.24, 2.45) is 0 Å². The molecule has 134 valence electrons. The fraction of sp³-hybridized carbons (Fsp3) is 0.150. The molecule has 0 fully saturated rings. The number of pyridine rings is 1. The summed E-state index contributed by atoms with van der Waals surface area (Å²) in [6.07, 6.45) is 5.12. The lowest BCUT2D eigenvalue weighted by atomic mass is 9.99. The van der Waals surface area contributed by atoms with Gasteiger partial charge >= 0.3 is 5.56 Å². The minimum Gasteiger partial charge on any atom is -0.477 e. The van der Waals surface area contributed by atoms with Crippen LogP contribution in [0, 0.1) is 0 Å². The first kappa shape index (κ1) is 16.5. The lowest BCUT2D eigenvalue weighted by Crippen LogP contribution is -2.48. The minimum atomic E-state index is -0.227. The maximum atomic E-state index is 13.2. The topological polar surface area (TPSA) is 58.5 Å². The monoisotopic (exact) mass is 396 g/mol. The van der Waals surface area contributed by atoms with Crippen LogP contribution in [0.2, 0.25) is 4.47 Å². The smallest absolute Gasteiger partial charge is 0.354 e. The first-order chi connectivity index (χ1) is 13.1. The van der Waals surface area contributed by atoms with Crippen LogP contribution in [0.15, 0.2) is 59.7 Å². The molecule has 1 unspecified atom stereocenters. The fourth-order valence-corrected chi connectivity index (χ4v) is 4.95. The maximum Gasteiger partial charge on any atom is 0.354 e. The van der Waals surface area contributed by atoms with Gasteiger partial charge in [-0.1, -0.05) is 41.9 Å². The lowest BCUT2D eigenvalue weighted by Gasteiger charge is -2.23. The normalized spacial score (nSPS) is 16.0. The maximum absolute atomic E-state index is 13.2. The van der Waals surface area contributed by atoms with E-state index in [1.807, 2.05) is 47.0 Å². The molecule has 0 saturated carbocycles. The van der Waals surface area contributed by atoms with Crippen molar-refractivity contribution in [3.8, 4) is 17.0 Å². The van der Waals surface area contributed by atoms with Crippen molar-refractivity contribution in [1.29, 1.82) is 0 Å². The number of hydrogen-bond donors (Lipinski definition) is 1. The second-order valence-corrected chi connectivity index (χ2v) is 8.18. The molecule has 1 aliphatic rings. The molecule has 5 nitrogen and oxygen atoms in total. The van der Waals surface area contributed by atoms with E-state index in [0.29, 0.717) is 15.6 Å². The molecule has 0 spiro atoms. The number of hydrogen-bond acceptors (Lipinski definition) is 4. The standard InChI is InChI=1S/C20H14ClN3O2S/c21-20-22-11-15(27-20)14-9-8-13-7-4-10-23-17(13)24(14)19(26)16(18(23)25)12-5-2-1-3-6-12/h1-7,10-11,14H,8-9H2/p+1. The van der Waals surface area contributed by atoms with Gasteiger partial charge in [-0.3, -0.25) is 0 Å². The van der Waals surface area contributed by atoms with E-state index in [9.17, 15) is 9.90 Å². The van der Waals surface area contributed by atoms with Gasteiger partial charge in [0.1, 0.15) is 6.04 Å². The van der Waals surface area contributed by atoms with Crippen LogP contribution in [0.25, 0.3) is 16.8 Å². The third-order valence-corrected chi connectivity index (χ3v) is 6.26. The van der Waals surface area contributed by atoms with Gasteiger partial charge in [0.2, 0.25) is 0 Å². The zero-order valence-electron chi connectivity index (χ0n) is 14.2. The quantitative estimate of drug-likeness (QED) is 0.526. The zero-order chi connectivity index (χ0) is 18.5. The van der Waals surface area contributed by atoms with Gasteiger partial charge in [-0.25, -0.2) is 9.78 Å². The van der Waals surface area contributed by atoms with Crippen LogP contribution < -0.4 is 10.1 Å². The van der Waals surface area contributed by atoms with Crippen molar-refractivity contribution >= 4 is 28.6 Å². The van der Waals surface area contributed by atoms with Crippen LogP contribution in [0.5, 0.6) is 5.88 Å². The summed E-state index contributed by atoms with van der Waals surface area (Å²) in [5.74, 6) is -0.0205. The SMILES string of the molecule is O=c1c(-c2ccccc2)c(O)[n+]2c3c(cccn13)CCC2c1cnc(Cl)s1. The second-order valence-electron chi connectivity index (χ2n) is 6.54. The third kappa shape index (κ3) is 2.48. The van der Waals surface area contributed by atoms with Crippen molar-refractivity contribution in [1.82, 2.24) is 9.38 Å². The number of halogens is 1. The summed E-state index contributed by atoms with van der Waals surface area (Å²) in [5, 5.41) is 11.2. The Balaban J connectivity index is 1.90. The number of rotatable bonds is 2.